The summed E-state index contributed by atoms with van der Waals surface area (Å²) in [6.07, 6.45) is 7.86. The fourth-order valence-corrected chi connectivity index (χ4v) is 2.79. The van der Waals surface area contributed by atoms with Crippen molar-refractivity contribution < 1.29 is 9.90 Å². The maximum atomic E-state index is 11.1. The first-order valence-corrected chi connectivity index (χ1v) is 6.78. The summed E-state index contributed by atoms with van der Waals surface area (Å²) in [6.45, 7) is 5.20. The van der Waals surface area contributed by atoms with E-state index in [1.54, 1.807) is 0 Å². The Hall–Kier alpha value is -1.65. The summed E-state index contributed by atoms with van der Waals surface area (Å²) in [5.74, 6) is 0.116. The molecule has 5 heteroatoms. The van der Waals surface area contributed by atoms with Crippen molar-refractivity contribution in [3.05, 3.63) is 18.1 Å². The van der Waals surface area contributed by atoms with Crippen LogP contribution >= 0.6 is 0 Å². The Balaban J connectivity index is 2.04. The third-order valence-corrected chi connectivity index (χ3v) is 4.11. The standard InChI is InChI=1S/C14H21N3O2/c1-14(2,10-5-3-4-6-10)8-16-12-11(13(18)19)7-15-9-17-12/h7,9-10H,3-6,8H2,1-2H3,(H,18,19)(H,15,16,17). The Bertz CT molecular complexity index is 454. The maximum absolute atomic E-state index is 11.1. The summed E-state index contributed by atoms with van der Waals surface area (Å²) in [5.41, 5.74) is 0.279. The number of carbonyl (C=O) groups is 1. The third kappa shape index (κ3) is 3.22. The van der Waals surface area contributed by atoms with Crippen molar-refractivity contribution >= 4 is 11.8 Å². The molecule has 1 aliphatic carbocycles. The molecule has 0 aliphatic heterocycles. The summed E-state index contributed by atoms with van der Waals surface area (Å²) in [4.78, 5) is 18.9. The molecule has 0 bridgehead atoms. The van der Waals surface area contributed by atoms with Gasteiger partial charge in [-0.2, -0.15) is 0 Å². The zero-order valence-electron chi connectivity index (χ0n) is 11.5. The second kappa shape index (κ2) is 5.55. The summed E-state index contributed by atoms with van der Waals surface area (Å²) < 4.78 is 0. The minimum atomic E-state index is -0.998. The summed E-state index contributed by atoms with van der Waals surface area (Å²) in [5, 5.41) is 12.3. The van der Waals surface area contributed by atoms with Crippen LogP contribution in [0.4, 0.5) is 5.82 Å². The van der Waals surface area contributed by atoms with Crippen molar-refractivity contribution in [2.24, 2.45) is 11.3 Å². The molecule has 1 aliphatic rings. The number of hydrogen-bond acceptors (Lipinski definition) is 4. The molecule has 1 heterocycles. The number of nitrogens with one attached hydrogen (secondary N) is 1. The number of aromatic carboxylic acids is 1. The topological polar surface area (TPSA) is 75.1 Å². The van der Waals surface area contributed by atoms with E-state index >= 15 is 0 Å². The van der Waals surface area contributed by atoms with Crippen LogP contribution in [0.5, 0.6) is 0 Å². The van der Waals surface area contributed by atoms with Gasteiger partial charge in [0.05, 0.1) is 0 Å². The van der Waals surface area contributed by atoms with Crippen LogP contribution in [-0.4, -0.2) is 27.6 Å². The van der Waals surface area contributed by atoms with E-state index in [9.17, 15) is 4.79 Å². The van der Waals surface area contributed by atoms with Crippen molar-refractivity contribution in [1.29, 1.82) is 0 Å². The van der Waals surface area contributed by atoms with E-state index in [-0.39, 0.29) is 11.0 Å². The van der Waals surface area contributed by atoms with Crippen molar-refractivity contribution in [2.75, 3.05) is 11.9 Å². The van der Waals surface area contributed by atoms with Gasteiger partial charge >= 0.3 is 5.97 Å². The van der Waals surface area contributed by atoms with Gasteiger partial charge in [0.1, 0.15) is 17.7 Å². The lowest BCUT2D eigenvalue weighted by Gasteiger charge is -2.32. The molecule has 0 radical (unpaired) electrons. The number of aromatic nitrogens is 2. The third-order valence-electron chi connectivity index (χ3n) is 4.11. The van der Waals surface area contributed by atoms with Crippen LogP contribution in [0.15, 0.2) is 12.5 Å². The van der Waals surface area contributed by atoms with E-state index in [0.29, 0.717) is 11.7 Å². The molecule has 0 saturated heterocycles. The molecule has 1 aromatic rings. The van der Waals surface area contributed by atoms with Crippen LogP contribution in [0, 0.1) is 11.3 Å². The molecular weight excluding hydrogens is 242 g/mol. The molecular formula is C14H21N3O2. The van der Waals surface area contributed by atoms with E-state index < -0.39 is 5.97 Å². The van der Waals surface area contributed by atoms with Gasteiger partial charge in [0.25, 0.3) is 0 Å². The highest BCUT2D eigenvalue weighted by atomic mass is 16.4. The van der Waals surface area contributed by atoms with Gasteiger partial charge in [-0.1, -0.05) is 26.7 Å². The number of anilines is 1. The van der Waals surface area contributed by atoms with Gasteiger partial charge in [0.2, 0.25) is 0 Å². The maximum Gasteiger partial charge on any atom is 0.341 e. The molecule has 0 unspecified atom stereocenters. The first-order chi connectivity index (χ1) is 9.00. The molecule has 0 spiro atoms. The molecule has 104 valence electrons. The van der Waals surface area contributed by atoms with E-state index in [1.165, 1.54) is 38.2 Å². The molecule has 2 rings (SSSR count). The first-order valence-electron chi connectivity index (χ1n) is 6.78. The molecule has 19 heavy (non-hydrogen) atoms. The molecule has 5 nitrogen and oxygen atoms in total. The summed E-state index contributed by atoms with van der Waals surface area (Å²) in [6, 6.07) is 0. The van der Waals surface area contributed by atoms with Gasteiger partial charge in [-0.05, 0) is 24.2 Å². The second-order valence-electron chi connectivity index (χ2n) is 5.91. The number of rotatable bonds is 5. The summed E-state index contributed by atoms with van der Waals surface area (Å²) in [7, 11) is 0. The highest BCUT2D eigenvalue weighted by Crippen LogP contribution is 2.39. The number of nitrogens with zero attached hydrogens (tertiary/aromatic N) is 2. The minimum absolute atomic E-state index is 0.129. The molecule has 0 amide bonds. The van der Waals surface area contributed by atoms with Crippen LogP contribution in [0.25, 0.3) is 0 Å². The van der Waals surface area contributed by atoms with Gasteiger partial charge in [0.15, 0.2) is 0 Å². The largest absolute Gasteiger partial charge is 0.477 e. The minimum Gasteiger partial charge on any atom is -0.477 e. The average Bonchev–Trinajstić information content (AvgIpc) is 2.91. The van der Waals surface area contributed by atoms with Crippen molar-refractivity contribution in [2.45, 2.75) is 39.5 Å². The fraction of sp³-hybridized carbons (Fsp3) is 0.643. The van der Waals surface area contributed by atoms with Gasteiger partial charge in [-0.25, -0.2) is 14.8 Å². The van der Waals surface area contributed by atoms with Gasteiger partial charge in [0, 0.05) is 12.7 Å². The predicted octanol–water partition coefficient (Wildman–Crippen LogP) is 2.80. The lowest BCUT2D eigenvalue weighted by atomic mass is 9.78. The SMILES string of the molecule is CC(C)(CNc1ncncc1C(=O)O)C1CCCC1. The average molecular weight is 263 g/mol. The van der Waals surface area contributed by atoms with Crippen LogP contribution < -0.4 is 5.32 Å². The molecule has 0 atom stereocenters. The van der Waals surface area contributed by atoms with E-state index in [0.717, 1.165) is 6.54 Å². The zero-order chi connectivity index (χ0) is 13.9. The summed E-state index contributed by atoms with van der Waals surface area (Å²) >= 11 is 0. The van der Waals surface area contributed by atoms with Gasteiger partial charge < -0.3 is 10.4 Å². The smallest absolute Gasteiger partial charge is 0.341 e. The van der Waals surface area contributed by atoms with Crippen molar-refractivity contribution in [1.82, 2.24) is 9.97 Å². The lowest BCUT2D eigenvalue weighted by molar-refractivity contribution is 0.0697. The van der Waals surface area contributed by atoms with E-state index in [2.05, 4.69) is 29.1 Å². The van der Waals surface area contributed by atoms with Crippen molar-refractivity contribution in [3.8, 4) is 0 Å². The van der Waals surface area contributed by atoms with E-state index in [1.807, 2.05) is 0 Å². The Labute approximate surface area is 113 Å². The molecule has 1 fully saturated rings. The zero-order valence-corrected chi connectivity index (χ0v) is 11.5. The van der Waals surface area contributed by atoms with Crippen LogP contribution in [-0.2, 0) is 0 Å². The predicted molar refractivity (Wildman–Crippen MR) is 73.2 cm³/mol. The van der Waals surface area contributed by atoms with Gasteiger partial charge in [-0.15, -0.1) is 0 Å². The quantitative estimate of drug-likeness (QED) is 0.854. The lowest BCUT2D eigenvalue weighted by Crippen LogP contribution is -2.31. The van der Waals surface area contributed by atoms with Crippen LogP contribution in [0.1, 0.15) is 49.9 Å². The van der Waals surface area contributed by atoms with Crippen molar-refractivity contribution in [3.63, 3.8) is 0 Å². The highest BCUT2D eigenvalue weighted by Gasteiger charge is 2.31. The highest BCUT2D eigenvalue weighted by molar-refractivity contribution is 5.92. The molecule has 2 N–H and O–H groups in total. The number of carboxylic acids is 1. The number of carboxylic acid groups (broad SMARTS) is 1. The van der Waals surface area contributed by atoms with Crippen LogP contribution in [0.2, 0.25) is 0 Å². The monoisotopic (exact) mass is 263 g/mol. The normalized spacial score (nSPS) is 16.5. The molecule has 0 aromatic carbocycles. The Morgan fingerprint density at radius 3 is 2.79 bits per heavy atom. The Morgan fingerprint density at radius 2 is 2.16 bits per heavy atom. The number of hydrogen-bond donors (Lipinski definition) is 2. The van der Waals surface area contributed by atoms with E-state index in [4.69, 9.17) is 5.11 Å². The Kier molecular flexibility index (Phi) is 4.02. The Morgan fingerprint density at radius 1 is 1.47 bits per heavy atom. The first kappa shape index (κ1) is 13.8. The second-order valence-corrected chi connectivity index (χ2v) is 5.91. The molecule has 1 saturated carbocycles. The van der Waals surface area contributed by atoms with Gasteiger partial charge in [-0.3, -0.25) is 0 Å². The fourth-order valence-electron chi connectivity index (χ4n) is 2.79. The van der Waals surface area contributed by atoms with Crippen LogP contribution in [0.3, 0.4) is 0 Å². The molecule has 1 aromatic heterocycles.